The van der Waals surface area contributed by atoms with E-state index in [9.17, 15) is 14.9 Å². The van der Waals surface area contributed by atoms with Gasteiger partial charge in [-0.05, 0) is 91.4 Å². The number of nitrogens with zero attached hydrogens (tertiary/aromatic N) is 1. The minimum absolute atomic E-state index is 0.232. The zero-order valence-corrected chi connectivity index (χ0v) is 32.1. The van der Waals surface area contributed by atoms with Gasteiger partial charge in [-0.1, -0.05) is 118 Å². The van der Waals surface area contributed by atoms with E-state index >= 15 is 0 Å². The molecule has 0 aliphatic rings. The SMILES string of the molecule is CCCCCCCCCCCCCCOc1ccc(OC(=O)c2ccc(OC(=O)c3ccc(OCC[C@@H](C)CCCC(C)C)c(C#N)c3)cc2)cc1. The molecule has 0 spiro atoms. The third kappa shape index (κ3) is 16.8. The third-order valence-corrected chi connectivity index (χ3v) is 9.28. The molecule has 0 bridgehead atoms. The van der Waals surface area contributed by atoms with Crippen LogP contribution in [0.15, 0.2) is 66.7 Å². The first-order valence-electron chi connectivity index (χ1n) is 19.7. The van der Waals surface area contributed by atoms with Gasteiger partial charge in [0.1, 0.15) is 29.1 Å². The van der Waals surface area contributed by atoms with Crippen LogP contribution in [0.1, 0.15) is 157 Å². The fourth-order valence-electron chi connectivity index (χ4n) is 5.99. The highest BCUT2D eigenvalue weighted by Crippen LogP contribution is 2.24. The van der Waals surface area contributed by atoms with Gasteiger partial charge in [0.15, 0.2) is 0 Å². The van der Waals surface area contributed by atoms with E-state index in [2.05, 4.69) is 33.8 Å². The van der Waals surface area contributed by atoms with E-state index in [0.717, 1.165) is 25.0 Å². The van der Waals surface area contributed by atoms with E-state index in [0.29, 0.717) is 42.1 Å². The quantitative estimate of drug-likeness (QED) is 0.0464. The number of nitriles is 1. The molecule has 0 radical (unpaired) electrons. The van der Waals surface area contributed by atoms with Crippen LogP contribution in [0.5, 0.6) is 23.0 Å². The molecule has 0 saturated heterocycles. The Morgan fingerprint density at radius 1 is 0.577 bits per heavy atom. The molecule has 7 heteroatoms. The average molecular weight is 712 g/mol. The molecule has 0 N–H and O–H groups in total. The van der Waals surface area contributed by atoms with E-state index in [1.165, 1.54) is 102 Å². The Hall–Kier alpha value is -4.31. The largest absolute Gasteiger partial charge is 0.494 e. The topological polar surface area (TPSA) is 94.8 Å². The Morgan fingerprint density at radius 3 is 1.67 bits per heavy atom. The van der Waals surface area contributed by atoms with E-state index in [1.807, 2.05) is 0 Å². The zero-order chi connectivity index (χ0) is 37.4. The summed E-state index contributed by atoms with van der Waals surface area (Å²) in [5.41, 5.74) is 0.824. The lowest BCUT2D eigenvalue weighted by Crippen LogP contribution is -2.11. The first kappa shape index (κ1) is 42.1. The molecular formula is C45H61NO6. The van der Waals surface area contributed by atoms with Crippen molar-refractivity contribution in [3.8, 4) is 29.1 Å². The maximum Gasteiger partial charge on any atom is 0.343 e. The van der Waals surface area contributed by atoms with Crippen molar-refractivity contribution in [2.75, 3.05) is 13.2 Å². The number of carbonyl (C=O) groups excluding carboxylic acids is 2. The minimum Gasteiger partial charge on any atom is -0.494 e. The van der Waals surface area contributed by atoms with Crippen LogP contribution in [0.25, 0.3) is 0 Å². The van der Waals surface area contributed by atoms with Gasteiger partial charge in [0.2, 0.25) is 0 Å². The smallest absolute Gasteiger partial charge is 0.343 e. The average Bonchev–Trinajstić information content (AvgIpc) is 3.14. The second-order valence-corrected chi connectivity index (χ2v) is 14.4. The summed E-state index contributed by atoms with van der Waals surface area (Å²) in [5, 5.41) is 9.67. The van der Waals surface area contributed by atoms with Crippen LogP contribution in [0.3, 0.4) is 0 Å². The van der Waals surface area contributed by atoms with Crippen LogP contribution in [0, 0.1) is 23.2 Å². The van der Waals surface area contributed by atoms with Crippen molar-refractivity contribution in [2.45, 2.75) is 130 Å². The third-order valence-electron chi connectivity index (χ3n) is 9.28. The number of unbranched alkanes of at least 4 members (excludes halogenated alkanes) is 11. The van der Waals surface area contributed by atoms with Crippen molar-refractivity contribution in [2.24, 2.45) is 11.8 Å². The fraction of sp³-hybridized carbons (Fsp3) is 0.533. The maximum absolute atomic E-state index is 12.8. The van der Waals surface area contributed by atoms with Crippen LogP contribution >= 0.6 is 0 Å². The maximum atomic E-state index is 12.8. The van der Waals surface area contributed by atoms with Gasteiger partial charge in [-0.25, -0.2) is 9.59 Å². The lowest BCUT2D eigenvalue weighted by Gasteiger charge is -2.14. The van der Waals surface area contributed by atoms with E-state index in [1.54, 1.807) is 48.5 Å². The summed E-state index contributed by atoms with van der Waals surface area (Å²) in [6.45, 7) is 10.1. The number of ether oxygens (including phenoxy) is 4. The molecule has 0 aliphatic carbocycles. The molecule has 3 rings (SSSR count). The highest BCUT2D eigenvalue weighted by Gasteiger charge is 2.15. The standard InChI is InChI=1S/C45H61NO6/c1-5-6-7-8-9-10-11-12-13-14-15-16-31-49-40-25-27-42(28-26-40)51-44(47)37-20-23-41(24-21-37)52-45(48)38-22-29-43(39(33-38)34-46)50-32-30-36(4)19-17-18-35(2)3/h20-29,33,35-36H,5-19,30-32H2,1-4H3/t36-/m0/s1. The van der Waals surface area contributed by atoms with Crippen LogP contribution < -0.4 is 18.9 Å². The highest BCUT2D eigenvalue weighted by molar-refractivity contribution is 5.93. The Balaban J connectivity index is 1.34. The van der Waals surface area contributed by atoms with Crippen molar-refractivity contribution < 1.29 is 28.5 Å². The van der Waals surface area contributed by atoms with Gasteiger partial charge in [0, 0.05) is 0 Å². The molecule has 0 heterocycles. The summed E-state index contributed by atoms with van der Waals surface area (Å²) >= 11 is 0. The second-order valence-electron chi connectivity index (χ2n) is 14.4. The Kier molecular flexibility index (Phi) is 20.1. The highest BCUT2D eigenvalue weighted by atomic mass is 16.5. The van der Waals surface area contributed by atoms with Crippen LogP contribution in [0.4, 0.5) is 0 Å². The molecule has 0 aromatic heterocycles. The normalized spacial score (nSPS) is 11.5. The van der Waals surface area contributed by atoms with Crippen molar-refractivity contribution in [1.82, 2.24) is 0 Å². The number of rotatable bonds is 26. The molecule has 0 unspecified atom stereocenters. The summed E-state index contributed by atoms with van der Waals surface area (Å²) in [5.74, 6) is 1.99. The molecule has 3 aromatic carbocycles. The van der Waals surface area contributed by atoms with E-state index in [-0.39, 0.29) is 16.9 Å². The number of hydrogen-bond acceptors (Lipinski definition) is 7. The lowest BCUT2D eigenvalue weighted by molar-refractivity contribution is 0.0730. The Morgan fingerprint density at radius 2 is 1.10 bits per heavy atom. The van der Waals surface area contributed by atoms with Gasteiger partial charge in [-0.3, -0.25) is 0 Å². The molecule has 0 saturated carbocycles. The van der Waals surface area contributed by atoms with Crippen molar-refractivity contribution >= 4 is 11.9 Å². The van der Waals surface area contributed by atoms with Gasteiger partial charge in [-0.15, -0.1) is 0 Å². The van der Waals surface area contributed by atoms with Gasteiger partial charge in [0.25, 0.3) is 0 Å². The van der Waals surface area contributed by atoms with Crippen LogP contribution in [-0.2, 0) is 0 Å². The van der Waals surface area contributed by atoms with Crippen molar-refractivity contribution in [3.05, 3.63) is 83.4 Å². The zero-order valence-electron chi connectivity index (χ0n) is 32.1. The number of hydrogen-bond donors (Lipinski definition) is 0. The van der Waals surface area contributed by atoms with Gasteiger partial charge in [-0.2, -0.15) is 5.26 Å². The fourth-order valence-corrected chi connectivity index (χ4v) is 5.99. The van der Waals surface area contributed by atoms with Gasteiger partial charge in [0.05, 0.1) is 29.9 Å². The Labute approximate surface area is 313 Å². The molecule has 52 heavy (non-hydrogen) atoms. The number of benzene rings is 3. The molecule has 0 fully saturated rings. The molecule has 7 nitrogen and oxygen atoms in total. The van der Waals surface area contributed by atoms with E-state index < -0.39 is 11.9 Å². The number of carbonyl (C=O) groups is 2. The van der Waals surface area contributed by atoms with Crippen LogP contribution in [-0.4, -0.2) is 25.2 Å². The lowest BCUT2D eigenvalue weighted by atomic mass is 9.98. The number of esters is 2. The van der Waals surface area contributed by atoms with Crippen molar-refractivity contribution in [3.63, 3.8) is 0 Å². The second kappa shape index (κ2) is 24.8. The predicted octanol–water partition coefficient (Wildman–Crippen LogP) is 12.3. The molecule has 1 atom stereocenters. The van der Waals surface area contributed by atoms with Gasteiger partial charge < -0.3 is 18.9 Å². The van der Waals surface area contributed by atoms with Crippen molar-refractivity contribution in [1.29, 1.82) is 5.26 Å². The molecule has 3 aromatic rings. The first-order valence-corrected chi connectivity index (χ1v) is 19.7. The summed E-state index contributed by atoms with van der Waals surface area (Å²) in [6.07, 6.45) is 20.2. The predicted molar refractivity (Wildman–Crippen MR) is 208 cm³/mol. The molecule has 0 aliphatic heterocycles. The van der Waals surface area contributed by atoms with Crippen LogP contribution in [0.2, 0.25) is 0 Å². The summed E-state index contributed by atoms with van der Waals surface area (Å²) in [7, 11) is 0. The van der Waals surface area contributed by atoms with E-state index in [4.69, 9.17) is 18.9 Å². The summed E-state index contributed by atoms with van der Waals surface area (Å²) in [6, 6.07) is 20.0. The monoisotopic (exact) mass is 711 g/mol. The minimum atomic E-state index is -0.613. The first-order chi connectivity index (χ1) is 25.3. The molecule has 0 amide bonds. The summed E-state index contributed by atoms with van der Waals surface area (Å²) < 4.78 is 22.8. The summed E-state index contributed by atoms with van der Waals surface area (Å²) in [4.78, 5) is 25.6. The molecular weight excluding hydrogens is 650 g/mol. The Bertz CT molecular complexity index is 1490. The van der Waals surface area contributed by atoms with Gasteiger partial charge >= 0.3 is 11.9 Å². The molecule has 282 valence electrons.